The molecule has 5 heteroatoms. The van der Waals surface area contributed by atoms with Crippen LogP contribution in [0.1, 0.15) is 25.1 Å². The third kappa shape index (κ3) is 2.09. The molecule has 0 aliphatic carbocycles. The number of rotatable bonds is 4. The van der Waals surface area contributed by atoms with E-state index in [2.05, 4.69) is 27.3 Å². The quantitative estimate of drug-likeness (QED) is 0.839. The minimum atomic E-state index is 0.310. The fourth-order valence-electron chi connectivity index (χ4n) is 1.64. The van der Waals surface area contributed by atoms with E-state index in [-0.39, 0.29) is 0 Å². The Balaban J connectivity index is 2.22. The number of hydrogen-bond donors (Lipinski definition) is 1. The van der Waals surface area contributed by atoms with E-state index < -0.39 is 0 Å². The molecule has 0 saturated heterocycles. The van der Waals surface area contributed by atoms with Gasteiger partial charge in [0, 0.05) is 6.04 Å². The van der Waals surface area contributed by atoms with E-state index in [1.807, 2.05) is 25.4 Å². The van der Waals surface area contributed by atoms with Crippen LogP contribution in [-0.4, -0.2) is 26.8 Å². The molecule has 84 valence electrons. The maximum absolute atomic E-state index is 4.43. The summed E-state index contributed by atoms with van der Waals surface area (Å²) in [5, 5.41) is 7.28. The summed E-state index contributed by atoms with van der Waals surface area (Å²) in [4.78, 5) is 8.33. The second kappa shape index (κ2) is 4.85. The predicted molar refractivity (Wildman–Crippen MR) is 61.2 cm³/mol. The zero-order chi connectivity index (χ0) is 11.4. The highest BCUT2D eigenvalue weighted by Crippen LogP contribution is 2.14. The Hall–Kier alpha value is -1.75. The van der Waals surface area contributed by atoms with Crippen molar-refractivity contribution in [3.8, 4) is 5.69 Å². The minimum absolute atomic E-state index is 0.310. The zero-order valence-corrected chi connectivity index (χ0v) is 9.46. The Kier molecular flexibility index (Phi) is 3.26. The Morgan fingerprint density at radius 2 is 2.31 bits per heavy atom. The van der Waals surface area contributed by atoms with Gasteiger partial charge in [-0.05, 0) is 25.6 Å². The fraction of sp³-hybridized carbons (Fsp3) is 0.364. The van der Waals surface area contributed by atoms with Crippen molar-refractivity contribution < 1.29 is 0 Å². The molecule has 0 bridgehead atoms. The van der Waals surface area contributed by atoms with Crippen molar-refractivity contribution in [2.45, 2.75) is 19.4 Å². The second-order valence-corrected chi connectivity index (χ2v) is 3.53. The first kappa shape index (κ1) is 10.8. The van der Waals surface area contributed by atoms with Gasteiger partial charge in [0.15, 0.2) is 0 Å². The predicted octanol–water partition coefficient (Wildman–Crippen LogP) is 1.33. The van der Waals surface area contributed by atoms with Gasteiger partial charge in [0.05, 0.1) is 17.6 Å². The summed E-state index contributed by atoms with van der Waals surface area (Å²) in [6.07, 6.45) is 6.00. The van der Waals surface area contributed by atoms with Gasteiger partial charge in [-0.3, -0.25) is 4.98 Å². The first-order valence-corrected chi connectivity index (χ1v) is 5.33. The molecule has 0 fully saturated rings. The van der Waals surface area contributed by atoms with Crippen molar-refractivity contribution in [3.05, 3.63) is 36.7 Å². The third-order valence-corrected chi connectivity index (χ3v) is 2.57. The van der Waals surface area contributed by atoms with Crippen LogP contribution in [0.25, 0.3) is 5.69 Å². The van der Waals surface area contributed by atoms with Gasteiger partial charge in [0.25, 0.3) is 0 Å². The third-order valence-electron chi connectivity index (χ3n) is 2.57. The molecule has 1 unspecified atom stereocenters. The average Bonchev–Trinajstić information content (AvgIpc) is 2.85. The Morgan fingerprint density at radius 3 is 2.81 bits per heavy atom. The van der Waals surface area contributed by atoms with Crippen molar-refractivity contribution in [1.29, 1.82) is 0 Å². The molecule has 2 aromatic rings. The van der Waals surface area contributed by atoms with E-state index >= 15 is 0 Å². The fourth-order valence-corrected chi connectivity index (χ4v) is 1.64. The molecule has 2 aromatic heterocycles. The molecule has 1 atom stereocenters. The summed E-state index contributed by atoms with van der Waals surface area (Å²) in [6, 6.07) is 4.32. The highest BCUT2D eigenvalue weighted by Gasteiger charge is 2.07. The molecule has 0 aliphatic rings. The number of hydrogen-bond acceptors (Lipinski definition) is 4. The van der Waals surface area contributed by atoms with Crippen LogP contribution in [0, 0.1) is 0 Å². The van der Waals surface area contributed by atoms with Gasteiger partial charge in [-0.15, -0.1) is 0 Å². The summed E-state index contributed by atoms with van der Waals surface area (Å²) in [5.74, 6) is 0. The molecule has 5 nitrogen and oxygen atoms in total. The van der Waals surface area contributed by atoms with Crippen LogP contribution < -0.4 is 5.32 Å². The van der Waals surface area contributed by atoms with Gasteiger partial charge in [-0.25, -0.2) is 9.67 Å². The molecule has 0 aliphatic heterocycles. The number of pyridine rings is 1. The van der Waals surface area contributed by atoms with Crippen LogP contribution in [0.15, 0.2) is 31.0 Å². The van der Waals surface area contributed by atoms with Crippen LogP contribution in [0.3, 0.4) is 0 Å². The molecule has 0 amide bonds. The van der Waals surface area contributed by atoms with Gasteiger partial charge in [0.1, 0.15) is 12.7 Å². The summed E-state index contributed by atoms with van der Waals surface area (Å²) in [5.41, 5.74) is 1.97. The van der Waals surface area contributed by atoms with Crippen LogP contribution in [-0.2, 0) is 0 Å². The Bertz CT molecular complexity index is 416. The molecule has 0 radical (unpaired) electrons. The van der Waals surface area contributed by atoms with Crippen molar-refractivity contribution in [1.82, 2.24) is 25.1 Å². The highest BCUT2D eigenvalue weighted by molar-refractivity contribution is 5.28. The van der Waals surface area contributed by atoms with Crippen molar-refractivity contribution in [3.63, 3.8) is 0 Å². The van der Waals surface area contributed by atoms with E-state index in [0.29, 0.717) is 6.04 Å². The van der Waals surface area contributed by atoms with E-state index in [4.69, 9.17) is 0 Å². The average molecular weight is 217 g/mol. The van der Waals surface area contributed by atoms with Crippen molar-refractivity contribution in [2.24, 2.45) is 0 Å². The van der Waals surface area contributed by atoms with Crippen LogP contribution in [0.5, 0.6) is 0 Å². The molecule has 0 saturated carbocycles. The lowest BCUT2D eigenvalue weighted by Crippen LogP contribution is -2.16. The van der Waals surface area contributed by atoms with Gasteiger partial charge < -0.3 is 5.32 Å². The monoisotopic (exact) mass is 217 g/mol. The zero-order valence-electron chi connectivity index (χ0n) is 9.46. The maximum atomic E-state index is 4.43. The standard InChI is InChI=1S/C11H15N5/c1-3-10(12-2)11-5-4-9(6-14-11)16-8-13-7-15-16/h4-8,10,12H,3H2,1-2H3. The maximum Gasteiger partial charge on any atom is 0.138 e. The molecule has 2 rings (SSSR count). The van der Waals surface area contributed by atoms with Gasteiger partial charge >= 0.3 is 0 Å². The van der Waals surface area contributed by atoms with Crippen LogP contribution in [0.2, 0.25) is 0 Å². The highest BCUT2D eigenvalue weighted by atomic mass is 15.3. The van der Waals surface area contributed by atoms with Crippen molar-refractivity contribution >= 4 is 0 Å². The minimum Gasteiger partial charge on any atom is -0.312 e. The summed E-state index contributed by atoms with van der Waals surface area (Å²) < 4.78 is 1.69. The van der Waals surface area contributed by atoms with Gasteiger partial charge in [0.2, 0.25) is 0 Å². The molecular formula is C11H15N5. The molecule has 16 heavy (non-hydrogen) atoms. The molecule has 0 spiro atoms. The number of aromatic nitrogens is 4. The van der Waals surface area contributed by atoms with Crippen LogP contribution in [0.4, 0.5) is 0 Å². The number of nitrogens with zero attached hydrogens (tertiary/aromatic N) is 4. The lowest BCUT2D eigenvalue weighted by molar-refractivity contribution is 0.561. The first-order chi connectivity index (χ1) is 7.85. The van der Waals surface area contributed by atoms with E-state index in [1.165, 1.54) is 6.33 Å². The molecule has 0 aromatic carbocycles. The van der Waals surface area contributed by atoms with Gasteiger partial charge in [-0.1, -0.05) is 6.92 Å². The van der Waals surface area contributed by atoms with E-state index in [1.54, 1.807) is 11.0 Å². The lowest BCUT2D eigenvalue weighted by atomic mass is 10.1. The van der Waals surface area contributed by atoms with E-state index in [9.17, 15) is 0 Å². The summed E-state index contributed by atoms with van der Waals surface area (Å²) in [7, 11) is 1.95. The molecule has 1 N–H and O–H groups in total. The largest absolute Gasteiger partial charge is 0.312 e. The Morgan fingerprint density at radius 1 is 1.44 bits per heavy atom. The summed E-state index contributed by atoms with van der Waals surface area (Å²) in [6.45, 7) is 2.13. The first-order valence-electron chi connectivity index (χ1n) is 5.33. The van der Waals surface area contributed by atoms with E-state index in [0.717, 1.165) is 17.8 Å². The van der Waals surface area contributed by atoms with Crippen molar-refractivity contribution in [2.75, 3.05) is 7.05 Å². The summed E-state index contributed by atoms with van der Waals surface area (Å²) >= 11 is 0. The van der Waals surface area contributed by atoms with Gasteiger partial charge in [-0.2, -0.15) is 5.10 Å². The topological polar surface area (TPSA) is 55.6 Å². The van der Waals surface area contributed by atoms with Crippen LogP contribution >= 0.6 is 0 Å². The smallest absolute Gasteiger partial charge is 0.138 e. The Labute approximate surface area is 94.5 Å². The second-order valence-electron chi connectivity index (χ2n) is 3.53. The number of nitrogens with one attached hydrogen (secondary N) is 1. The normalized spacial score (nSPS) is 12.6. The molecular weight excluding hydrogens is 202 g/mol. The molecule has 2 heterocycles. The SMILES string of the molecule is CCC(NC)c1ccc(-n2cncn2)cn1. The lowest BCUT2D eigenvalue weighted by Gasteiger charge is -2.13.